The number of hydrogen-bond acceptors (Lipinski definition) is 7. The predicted molar refractivity (Wildman–Crippen MR) is 143 cm³/mol. The number of carbonyl (C=O) groups excluding carboxylic acids is 2. The average molecular weight is 528 g/mol. The number of carbonyl (C=O) groups is 2. The highest BCUT2D eigenvalue weighted by Crippen LogP contribution is 2.62. The van der Waals surface area contributed by atoms with E-state index < -0.39 is 17.6 Å². The van der Waals surface area contributed by atoms with Gasteiger partial charge in [-0.05, 0) is 43.1 Å². The Morgan fingerprint density at radius 3 is 2.73 bits per heavy atom. The molecule has 1 heterocycles. The quantitative estimate of drug-likeness (QED) is 0.374. The van der Waals surface area contributed by atoms with Crippen molar-refractivity contribution in [2.75, 3.05) is 18.5 Å². The van der Waals surface area contributed by atoms with E-state index in [1.807, 2.05) is 44.2 Å². The van der Waals surface area contributed by atoms with E-state index in [0.717, 1.165) is 16.1 Å². The summed E-state index contributed by atoms with van der Waals surface area (Å²) in [6.45, 7) is 9.55. The number of nitrogens with zero attached hydrogens (tertiary/aromatic N) is 1. The van der Waals surface area contributed by atoms with Gasteiger partial charge in [0.25, 0.3) is 0 Å². The van der Waals surface area contributed by atoms with Crippen LogP contribution in [0.1, 0.15) is 68.1 Å². The van der Waals surface area contributed by atoms with E-state index in [1.54, 1.807) is 0 Å². The Morgan fingerprint density at radius 2 is 2.05 bits per heavy atom. The zero-order chi connectivity index (χ0) is 26.8. The Balaban J connectivity index is 1.65. The zero-order valence-corrected chi connectivity index (χ0v) is 22.5. The molecule has 1 fully saturated rings. The third-order valence-corrected chi connectivity index (χ3v) is 9.51. The van der Waals surface area contributed by atoms with Crippen LogP contribution < -0.4 is 10.6 Å². The molecule has 0 aliphatic heterocycles. The molecule has 0 spiro atoms. The molecule has 6 atom stereocenters. The molecular weight excluding hydrogens is 490 g/mol. The highest BCUT2D eigenvalue weighted by Gasteiger charge is 2.59. The molecule has 1 aromatic carbocycles. The van der Waals surface area contributed by atoms with Crippen molar-refractivity contribution >= 4 is 28.5 Å². The number of anilines is 1. The summed E-state index contributed by atoms with van der Waals surface area (Å²) in [4.78, 5) is 31.3. The van der Waals surface area contributed by atoms with Crippen molar-refractivity contribution in [3.8, 4) is 0 Å². The molecule has 2 aromatic rings. The molecule has 0 unspecified atom stereocenters. The molecule has 4 N–H and O–H groups in total. The fourth-order valence-corrected chi connectivity index (χ4v) is 7.32. The minimum Gasteiger partial charge on any atom is -0.445 e. The van der Waals surface area contributed by atoms with Crippen molar-refractivity contribution in [1.82, 2.24) is 10.3 Å². The number of ether oxygens (including phenoxy) is 1. The Bertz CT molecular complexity index is 1140. The molecule has 8 nitrogen and oxygen atoms in total. The number of aromatic nitrogens is 1. The van der Waals surface area contributed by atoms with Gasteiger partial charge in [0.2, 0.25) is 5.91 Å². The van der Waals surface area contributed by atoms with Crippen LogP contribution in [-0.2, 0) is 16.0 Å². The van der Waals surface area contributed by atoms with Crippen LogP contribution in [-0.4, -0.2) is 46.5 Å². The van der Waals surface area contributed by atoms with E-state index >= 15 is 0 Å². The van der Waals surface area contributed by atoms with Crippen LogP contribution in [0, 0.1) is 16.7 Å². The maximum atomic E-state index is 13.4. The molecule has 0 radical (unpaired) electrons. The van der Waals surface area contributed by atoms with Crippen molar-refractivity contribution in [1.29, 1.82) is 0 Å². The third-order valence-electron chi connectivity index (χ3n) is 8.50. The first-order chi connectivity index (χ1) is 17.6. The standard InChI is InChI=1S/C28H37N3O5S/c1-5-13-36-26(35)31-25-30-24-19(14-23(34)29-17(2)18-9-7-6-8-10-18)27(3)12-11-22(33)28(4,16-32)21(27)15-20(24)37-25/h5-10,17,19,21-22,32-33H,1,11-16H2,2-4H3,(H,29,34)(H,30,31,35)/t17-,19-,21+,22-,27+,28+/m1/s1. The van der Waals surface area contributed by atoms with Crippen molar-refractivity contribution < 1.29 is 24.5 Å². The number of thiazole rings is 1. The SMILES string of the molecule is C=CCOC(=O)Nc1nc2c(s1)C[C@@H]1[C@](C)(CO)[C@H](O)CC[C@@]1(C)[C@@H]2CC(=O)N[C@H](C)c1ccccc1. The van der Waals surface area contributed by atoms with Crippen LogP contribution in [0.25, 0.3) is 0 Å². The van der Waals surface area contributed by atoms with Gasteiger partial charge in [0.1, 0.15) is 6.61 Å². The molecule has 0 saturated heterocycles. The summed E-state index contributed by atoms with van der Waals surface area (Å²) >= 11 is 1.36. The average Bonchev–Trinajstić information content (AvgIpc) is 3.28. The number of aliphatic hydroxyl groups is 2. The number of aliphatic hydroxyl groups excluding tert-OH is 2. The summed E-state index contributed by atoms with van der Waals surface area (Å²) in [6, 6.07) is 9.66. The number of benzene rings is 1. The van der Waals surface area contributed by atoms with E-state index in [-0.39, 0.29) is 48.8 Å². The number of fused-ring (bicyclic) bond motifs is 2. The van der Waals surface area contributed by atoms with Gasteiger partial charge in [-0.1, -0.05) is 56.8 Å². The predicted octanol–water partition coefficient (Wildman–Crippen LogP) is 4.56. The van der Waals surface area contributed by atoms with E-state index in [4.69, 9.17) is 9.72 Å². The lowest BCUT2D eigenvalue weighted by Crippen LogP contribution is -2.57. The second-order valence-corrected chi connectivity index (χ2v) is 11.9. The van der Waals surface area contributed by atoms with Gasteiger partial charge in [-0.25, -0.2) is 9.78 Å². The highest BCUT2D eigenvalue weighted by molar-refractivity contribution is 7.15. The first kappa shape index (κ1) is 27.3. The lowest BCUT2D eigenvalue weighted by molar-refractivity contribution is -0.144. The Morgan fingerprint density at radius 1 is 1.32 bits per heavy atom. The summed E-state index contributed by atoms with van der Waals surface area (Å²) in [5.74, 6) is -0.385. The van der Waals surface area contributed by atoms with Gasteiger partial charge in [-0.3, -0.25) is 10.1 Å². The monoisotopic (exact) mass is 527 g/mol. The van der Waals surface area contributed by atoms with Crippen LogP contribution in [0.15, 0.2) is 43.0 Å². The second kappa shape index (κ2) is 10.9. The first-order valence-corrected chi connectivity index (χ1v) is 13.6. The van der Waals surface area contributed by atoms with Gasteiger partial charge in [-0.15, -0.1) is 11.3 Å². The van der Waals surface area contributed by atoms with Crippen LogP contribution >= 0.6 is 11.3 Å². The molecule has 1 aromatic heterocycles. The maximum absolute atomic E-state index is 13.4. The summed E-state index contributed by atoms with van der Waals surface area (Å²) in [5, 5.41) is 27.6. The minimum absolute atomic E-state index is 0.0633. The topological polar surface area (TPSA) is 121 Å². The molecule has 37 heavy (non-hydrogen) atoms. The normalized spacial score (nSPS) is 29.4. The van der Waals surface area contributed by atoms with Gasteiger partial charge in [0.15, 0.2) is 5.13 Å². The molecule has 2 aliphatic carbocycles. The van der Waals surface area contributed by atoms with Crippen molar-refractivity contribution in [3.63, 3.8) is 0 Å². The molecular formula is C28H37N3O5S. The van der Waals surface area contributed by atoms with Crippen molar-refractivity contribution in [3.05, 3.63) is 59.1 Å². The lowest BCUT2D eigenvalue weighted by Gasteiger charge is -2.58. The molecule has 2 amide bonds. The van der Waals surface area contributed by atoms with Gasteiger partial charge < -0.3 is 20.3 Å². The van der Waals surface area contributed by atoms with Crippen LogP contribution in [0.3, 0.4) is 0 Å². The minimum atomic E-state index is -0.711. The summed E-state index contributed by atoms with van der Waals surface area (Å²) < 4.78 is 5.05. The smallest absolute Gasteiger partial charge is 0.413 e. The Hall–Kier alpha value is -2.75. The lowest BCUT2D eigenvalue weighted by atomic mass is 9.47. The van der Waals surface area contributed by atoms with Crippen molar-refractivity contribution in [2.45, 2.75) is 64.5 Å². The second-order valence-electron chi connectivity index (χ2n) is 10.8. The molecule has 9 heteroatoms. The van der Waals surface area contributed by atoms with E-state index in [1.165, 1.54) is 17.4 Å². The summed E-state index contributed by atoms with van der Waals surface area (Å²) in [7, 11) is 0. The van der Waals surface area contributed by atoms with Crippen LogP contribution in [0.2, 0.25) is 0 Å². The third kappa shape index (κ3) is 5.30. The first-order valence-electron chi connectivity index (χ1n) is 12.8. The number of hydrogen-bond donors (Lipinski definition) is 4. The number of rotatable bonds is 8. The fourth-order valence-electron chi connectivity index (χ4n) is 6.27. The van der Waals surface area contributed by atoms with Gasteiger partial charge in [0.05, 0.1) is 24.4 Å². The number of nitrogens with one attached hydrogen (secondary N) is 2. The fraction of sp³-hybridized carbons (Fsp3) is 0.536. The van der Waals surface area contributed by atoms with Crippen molar-refractivity contribution in [2.24, 2.45) is 16.7 Å². The van der Waals surface area contributed by atoms with Crippen LogP contribution in [0.4, 0.5) is 9.93 Å². The van der Waals surface area contributed by atoms with Gasteiger partial charge in [0, 0.05) is 22.6 Å². The molecule has 1 saturated carbocycles. The largest absolute Gasteiger partial charge is 0.445 e. The molecule has 2 aliphatic rings. The zero-order valence-electron chi connectivity index (χ0n) is 21.7. The Kier molecular flexibility index (Phi) is 8.06. The molecule has 200 valence electrons. The summed E-state index contributed by atoms with van der Waals surface area (Å²) in [5.41, 5.74) is 0.751. The molecule has 4 rings (SSSR count). The van der Waals surface area contributed by atoms with E-state index in [0.29, 0.717) is 24.4 Å². The maximum Gasteiger partial charge on any atom is 0.413 e. The Labute approximate surface area is 222 Å². The van der Waals surface area contributed by atoms with Gasteiger partial charge >= 0.3 is 6.09 Å². The highest BCUT2D eigenvalue weighted by atomic mass is 32.1. The van der Waals surface area contributed by atoms with Crippen LogP contribution in [0.5, 0.6) is 0 Å². The number of amides is 2. The molecule has 0 bridgehead atoms. The summed E-state index contributed by atoms with van der Waals surface area (Å²) in [6.07, 6.45) is 2.32. The van der Waals surface area contributed by atoms with E-state index in [2.05, 4.69) is 24.1 Å². The van der Waals surface area contributed by atoms with Gasteiger partial charge in [-0.2, -0.15) is 0 Å². The van der Waals surface area contributed by atoms with E-state index in [9.17, 15) is 19.8 Å².